The third-order valence-corrected chi connectivity index (χ3v) is 7.55. The molecule has 3 atom stereocenters. The van der Waals surface area contributed by atoms with Crippen molar-refractivity contribution in [3.63, 3.8) is 0 Å². The van der Waals surface area contributed by atoms with E-state index in [1.165, 1.54) is 11.8 Å². The van der Waals surface area contributed by atoms with Crippen molar-refractivity contribution in [2.24, 2.45) is 5.92 Å². The number of fused-ring (bicyclic) bond motifs is 5. The zero-order valence-electron chi connectivity index (χ0n) is 15.3. The highest BCUT2D eigenvalue weighted by atomic mass is 32.2. The van der Waals surface area contributed by atoms with Crippen molar-refractivity contribution in [3.05, 3.63) is 74.2 Å². The highest BCUT2D eigenvalue weighted by molar-refractivity contribution is 8.00. The topological polar surface area (TPSA) is 88.3 Å². The molecule has 5 rings (SSSR count). The summed E-state index contributed by atoms with van der Waals surface area (Å²) in [5, 5.41) is 2.84. The van der Waals surface area contributed by atoms with Crippen LogP contribution in [-0.4, -0.2) is 22.1 Å². The summed E-state index contributed by atoms with van der Waals surface area (Å²) < 4.78 is 5.56. The second kappa shape index (κ2) is 6.89. The number of H-pyrrole nitrogens is 1. The van der Waals surface area contributed by atoms with Gasteiger partial charge in [0, 0.05) is 22.0 Å². The maximum absolute atomic E-state index is 13.2. The number of aromatic amines is 1. The summed E-state index contributed by atoms with van der Waals surface area (Å²) in [5.41, 5.74) is 2.51. The second-order valence-corrected chi connectivity index (χ2v) is 9.23. The average Bonchev–Trinajstić information content (AvgIpc) is 3.07. The molecule has 1 amide bonds. The highest BCUT2D eigenvalue weighted by Crippen LogP contribution is 2.53. The fraction of sp³-hybridized carbons (Fsp3) is 0.190. The molecule has 3 heterocycles. The number of rotatable bonds is 2. The molecule has 0 bridgehead atoms. The monoisotopic (exact) mass is 424 g/mol. The molecule has 0 saturated carbocycles. The van der Waals surface area contributed by atoms with Crippen molar-refractivity contribution in [2.75, 3.05) is 5.32 Å². The standard InChI is InChI=1S/C21H16N2O4S2/c1-10-5-4-6-11(9-10)22-18(24)16-15-14(17-19(28-16)23-21(26)29-17)12-7-2-3-8-13(12)27-20(15)25/h2-9,14-16H,1H3,(H,22,24)(H,23,26)/t14-,15+,16+/m1/s1. The summed E-state index contributed by atoms with van der Waals surface area (Å²) in [5.74, 6) is -1.35. The Bertz CT molecular complexity index is 1200. The van der Waals surface area contributed by atoms with E-state index in [1.54, 1.807) is 12.1 Å². The van der Waals surface area contributed by atoms with Gasteiger partial charge in [0.15, 0.2) is 0 Å². The molecule has 0 aliphatic carbocycles. The SMILES string of the molecule is Cc1cccc(NC(=O)[C@H]2Sc3[nH]c(=O)sc3[C@@H]3c4ccccc4OC(=O)[C@@H]32)c1. The number of thiazole rings is 1. The van der Waals surface area contributed by atoms with Gasteiger partial charge in [0.25, 0.3) is 0 Å². The number of aromatic nitrogens is 1. The molecule has 0 fully saturated rings. The lowest BCUT2D eigenvalue weighted by atomic mass is 9.80. The molecule has 0 saturated heterocycles. The second-order valence-electron chi connectivity index (χ2n) is 7.07. The quantitative estimate of drug-likeness (QED) is 0.485. The summed E-state index contributed by atoms with van der Waals surface area (Å²) in [6, 6.07) is 14.8. The lowest BCUT2D eigenvalue weighted by Crippen LogP contribution is -2.46. The smallest absolute Gasteiger partial charge is 0.317 e. The van der Waals surface area contributed by atoms with Crippen molar-refractivity contribution in [1.82, 2.24) is 4.98 Å². The molecule has 2 N–H and O–H groups in total. The van der Waals surface area contributed by atoms with E-state index in [2.05, 4.69) is 10.3 Å². The summed E-state index contributed by atoms with van der Waals surface area (Å²) in [7, 11) is 0. The number of para-hydroxylation sites is 1. The number of hydrogen-bond donors (Lipinski definition) is 2. The van der Waals surface area contributed by atoms with Crippen LogP contribution in [0.4, 0.5) is 5.69 Å². The van der Waals surface area contributed by atoms with Gasteiger partial charge in [-0.2, -0.15) is 0 Å². The summed E-state index contributed by atoms with van der Waals surface area (Å²) in [4.78, 5) is 41.6. The van der Waals surface area contributed by atoms with Gasteiger partial charge in [-0.3, -0.25) is 14.4 Å². The normalized spacial score (nSPS) is 22.1. The first-order chi connectivity index (χ1) is 14.0. The van der Waals surface area contributed by atoms with Crippen LogP contribution in [0.3, 0.4) is 0 Å². The minimum Gasteiger partial charge on any atom is -0.426 e. The maximum Gasteiger partial charge on any atom is 0.317 e. The van der Waals surface area contributed by atoms with E-state index in [0.717, 1.165) is 27.3 Å². The molecule has 29 heavy (non-hydrogen) atoms. The van der Waals surface area contributed by atoms with Crippen LogP contribution in [0.15, 0.2) is 58.4 Å². The van der Waals surface area contributed by atoms with Gasteiger partial charge in [-0.15, -0.1) is 0 Å². The van der Waals surface area contributed by atoms with E-state index in [4.69, 9.17) is 4.74 Å². The molecule has 2 aromatic carbocycles. The highest BCUT2D eigenvalue weighted by Gasteiger charge is 2.51. The van der Waals surface area contributed by atoms with Crippen LogP contribution in [0, 0.1) is 12.8 Å². The van der Waals surface area contributed by atoms with Crippen LogP contribution in [0.1, 0.15) is 21.9 Å². The number of ether oxygens (including phenoxy) is 1. The minimum absolute atomic E-state index is 0.197. The van der Waals surface area contributed by atoms with Crippen molar-refractivity contribution in [2.45, 2.75) is 23.1 Å². The minimum atomic E-state index is -0.723. The van der Waals surface area contributed by atoms with Gasteiger partial charge in [-0.1, -0.05) is 53.4 Å². The van der Waals surface area contributed by atoms with E-state index in [1.807, 2.05) is 43.3 Å². The zero-order valence-corrected chi connectivity index (χ0v) is 16.9. The molecule has 0 unspecified atom stereocenters. The Hall–Kier alpha value is -2.84. The first kappa shape index (κ1) is 18.2. The van der Waals surface area contributed by atoms with Crippen LogP contribution >= 0.6 is 23.1 Å². The Kier molecular flexibility index (Phi) is 4.33. The van der Waals surface area contributed by atoms with Crippen molar-refractivity contribution in [3.8, 4) is 5.75 Å². The number of hydrogen-bond acceptors (Lipinski definition) is 6. The van der Waals surface area contributed by atoms with Gasteiger partial charge in [-0.25, -0.2) is 0 Å². The van der Waals surface area contributed by atoms with Crippen LogP contribution < -0.4 is 14.9 Å². The Morgan fingerprint density at radius 2 is 1.97 bits per heavy atom. The molecule has 1 aromatic heterocycles. The lowest BCUT2D eigenvalue weighted by molar-refractivity contribution is -0.142. The lowest BCUT2D eigenvalue weighted by Gasteiger charge is -2.38. The van der Waals surface area contributed by atoms with Gasteiger partial charge in [0.2, 0.25) is 5.91 Å². The Balaban J connectivity index is 1.59. The predicted molar refractivity (Wildman–Crippen MR) is 112 cm³/mol. The predicted octanol–water partition coefficient (Wildman–Crippen LogP) is 3.52. The molecular formula is C21H16N2O4S2. The fourth-order valence-electron chi connectivity index (χ4n) is 3.91. The third kappa shape index (κ3) is 3.08. The van der Waals surface area contributed by atoms with Crippen molar-refractivity contribution < 1.29 is 14.3 Å². The van der Waals surface area contributed by atoms with Crippen LogP contribution in [-0.2, 0) is 9.59 Å². The first-order valence-electron chi connectivity index (χ1n) is 9.09. The molecular weight excluding hydrogens is 408 g/mol. The number of anilines is 1. The van der Waals surface area contributed by atoms with Crippen molar-refractivity contribution >= 4 is 40.7 Å². The van der Waals surface area contributed by atoms with Gasteiger partial charge in [0.1, 0.15) is 11.0 Å². The van der Waals surface area contributed by atoms with E-state index >= 15 is 0 Å². The Labute approximate surface area is 174 Å². The van der Waals surface area contributed by atoms with E-state index in [9.17, 15) is 14.4 Å². The van der Waals surface area contributed by atoms with E-state index in [-0.39, 0.29) is 16.7 Å². The number of carbonyl (C=O) groups is 2. The number of benzene rings is 2. The first-order valence-corrected chi connectivity index (χ1v) is 10.8. The van der Waals surface area contributed by atoms with Crippen molar-refractivity contribution in [1.29, 1.82) is 0 Å². The fourth-order valence-corrected chi connectivity index (χ4v) is 6.37. The molecule has 2 aliphatic heterocycles. The number of carbonyl (C=O) groups excluding carboxylic acids is 2. The molecule has 146 valence electrons. The van der Waals surface area contributed by atoms with Crippen LogP contribution in [0.2, 0.25) is 0 Å². The molecule has 8 heteroatoms. The van der Waals surface area contributed by atoms with Crippen LogP contribution in [0.25, 0.3) is 0 Å². The molecule has 0 spiro atoms. The Morgan fingerprint density at radius 1 is 1.14 bits per heavy atom. The molecule has 0 radical (unpaired) electrons. The number of nitrogens with one attached hydrogen (secondary N) is 2. The van der Waals surface area contributed by atoms with Gasteiger partial charge >= 0.3 is 10.8 Å². The molecule has 2 aliphatic rings. The number of thioether (sulfide) groups is 1. The maximum atomic E-state index is 13.2. The summed E-state index contributed by atoms with van der Waals surface area (Å²) in [6.07, 6.45) is 0. The number of esters is 1. The molecule has 6 nitrogen and oxygen atoms in total. The third-order valence-electron chi connectivity index (χ3n) is 5.14. The van der Waals surface area contributed by atoms with Crippen LogP contribution in [0.5, 0.6) is 5.75 Å². The average molecular weight is 425 g/mol. The molecule has 3 aromatic rings. The van der Waals surface area contributed by atoms with Gasteiger partial charge < -0.3 is 15.0 Å². The van der Waals surface area contributed by atoms with E-state index < -0.39 is 17.1 Å². The number of amides is 1. The number of aryl methyl sites for hydroxylation is 1. The Morgan fingerprint density at radius 3 is 2.79 bits per heavy atom. The van der Waals surface area contributed by atoms with E-state index in [0.29, 0.717) is 16.5 Å². The zero-order chi connectivity index (χ0) is 20.1. The summed E-state index contributed by atoms with van der Waals surface area (Å²) in [6.45, 7) is 1.94. The van der Waals surface area contributed by atoms with Gasteiger partial charge in [-0.05, 0) is 30.7 Å². The largest absolute Gasteiger partial charge is 0.426 e. The summed E-state index contributed by atoms with van der Waals surface area (Å²) >= 11 is 2.31. The van der Waals surface area contributed by atoms with Gasteiger partial charge in [0.05, 0.1) is 10.9 Å².